The molecule has 3 rings (SSSR count). The van der Waals surface area contributed by atoms with E-state index in [4.69, 9.17) is 14.9 Å². The number of halogens is 1. The van der Waals surface area contributed by atoms with Crippen molar-refractivity contribution in [3.05, 3.63) is 40.2 Å². The summed E-state index contributed by atoms with van der Waals surface area (Å²) in [5.41, 5.74) is 8.35. The van der Waals surface area contributed by atoms with Gasteiger partial charge in [-0.25, -0.2) is 9.97 Å². The van der Waals surface area contributed by atoms with Crippen molar-refractivity contribution in [2.24, 2.45) is 0 Å². The molecule has 2 N–H and O–H groups in total. The fourth-order valence-corrected chi connectivity index (χ4v) is 2.59. The van der Waals surface area contributed by atoms with Gasteiger partial charge >= 0.3 is 0 Å². The predicted octanol–water partition coefficient (Wildman–Crippen LogP) is 3.69. The van der Waals surface area contributed by atoms with Gasteiger partial charge in [0, 0.05) is 12.5 Å². The fourth-order valence-electron chi connectivity index (χ4n) is 2.30. The van der Waals surface area contributed by atoms with Crippen LogP contribution in [0.3, 0.4) is 0 Å². The molecule has 3 aromatic rings. The highest BCUT2D eigenvalue weighted by Crippen LogP contribution is 2.34. The molecule has 0 radical (unpaired) electrons. The van der Waals surface area contributed by atoms with Crippen molar-refractivity contribution < 1.29 is 9.15 Å². The van der Waals surface area contributed by atoms with Crippen LogP contribution in [0.1, 0.15) is 11.5 Å². The molecular weight excluding hydrogens is 334 g/mol. The van der Waals surface area contributed by atoms with Crippen LogP contribution < -0.4 is 5.73 Å². The number of furan rings is 1. The molecule has 0 amide bonds. The Morgan fingerprint density at radius 3 is 2.81 bits per heavy atom. The minimum absolute atomic E-state index is 0.356. The van der Waals surface area contributed by atoms with Gasteiger partial charge in [0.1, 0.15) is 17.2 Å². The van der Waals surface area contributed by atoms with Crippen LogP contribution >= 0.6 is 15.9 Å². The molecule has 1 aromatic carbocycles. The lowest BCUT2D eigenvalue weighted by Gasteiger charge is -2.08. The van der Waals surface area contributed by atoms with Gasteiger partial charge < -0.3 is 14.9 Å². The Hall–Kier alpha value is -1.92. The van der Waals surface area contributed by atoms with Gasteiger partial charge in [-0.2, -0.15) is 0 Å². The quantitative estimate of drug-likeness (QED) is 0.781. The first-order valence-corrected chi connectivity index (χ1v) is 7.20. The monoisotopic (exact) mass is 347 g/mol. The van der Waals surface area contributed by atoms with Crippen molar-refractivity contribution in [1.29, 1.82) is 0 Å². The first-order chi connectivity index (χ1) is 10.1. The molecule has 0 saturated heterocycles. The molecule has 0 bridgehead atoms. The van der Waals surface area contributed by atoms with Crippen LogP contribution in [0.5, 0.6) is 0 Å². The van der Waals surface area contributed by atoms with Crippen LogP contribution in [0.25, 0.3) is 22.4 Å². The third-order valence-electron chi connectivity index (χ3n) is 3.22. The molecule has 0 saturated carbocycles. The SMILES string of the molecule is COCc1nc(-c2c(C)oc3ccccc23)nc(N)c1Br. The zero-order chi connectivity index (χ0) is 15.0. The molecule has 6 heteroatoms. The number of rotatable bonds is 3. The number of para-hydroxylation sites is 1. The molecule has 0 unspecified atom stereocenters. The maximum Gasteiger partial charge on any atom is 0.166 e. The molecule has 108 valence electrons. The van der Waals surface area contributed by atoms with Crippen LogP contribution in [0, 0.1) is 6.92 Å². The Bertz CT molecular complexity index is 814. The smallest absolute Gasteiger partial charge is 0.166 e. The molecule has 0 atom stereocenters. The number of nitrogens with zero attached hydrogens (tertiary/aromatic N) is 2. The van der Waals surface area contributed by atoms with Gasteiger partial charge in [0.2, 0.25) is 0 Å². The zero-order valence-electron chi connectivity index (χ0n) is 11.7. The van der Waals surface area contributed by atoms with Crippen LogP contribution in [0.2, 0.25) is 0 Å². The average Bonchev–Trinajstić information content (AvgIpc) is 2.79. The number of fused-ring (bicyclic) bond motifs is 1. The maximum absolute atomic E-state index is 5.97. The van der Waals surface area contributed by atoms with E-state index in [-0.39, 0.29) is 0 Å². The largest absolute Gasteiger partial charge is 0.461 e. The van der Waals surface area contributed by atoms with E-state index in [0.717, 1.165) is 22.3 Å². The summed E-state index contributed by atoms with van der Waals surface area (Å²) in [6.45, 7) is 2.25. The molecule has 2 heterocycles. The summed E-state index contributed by atoms with van der Waals surface area (Å²) in [7, 11) is 1.61. The third-order valence-corrected chi connectivity index (χ3v) is 4.09. The Kier molecular flexibility index (Phi) is 3.65. The van der Waals surface area contributed by atoms with Crippen LogP contribution in [0.4, 0.5) is 5.82 Å². The Labute approximate surface area is 130 Å². The second kappa shape index (κ2) is 5.46. The van der Waals surface area contributed by atoms with Crippen molar-refractivity contribution in [3.63, 3.8) is 0 Å². The molecule has 2 aromatic heterocycles. The highest BCUT2D eigenvalue weighted by molar-refractivity contribution is 9.10. The number of nitrogen functional groups attached to an aromatic ring is 1. The normalized spacial score (nSPS) is 11.2. The Balaban J connectivity index is 2.25. The highest BCUT2D eigenvalue weighted by atomic mass is 79.9. The lowest BCUT2D eigenvalue weighted by molar-refractivity contribution is 0.181. The van der Waals surface area contributed by atoms with Gasteiger partial charge in [-0.1, -0.05) is 18.2 Å². The number of ether oxygens (including phenoxy) is 1. The minimum Gasteiger partial charge on any atom is -0.461 e. The summed E-state index contributed by atoms with van der Waals surface area (Å²) >= 11 is 3.39. The summed E-state index contributed by atoms with van der Waals surface area (Å²) < 4.78 is 11.6. The van der Waals surface area contributed by atoms with Gasteiger partial charge in [0.05, 0.1) is 22.3 Å². The first-order valence-electron chi connectivity index (χ1n) is 6.41. The number of methoxy groups -OCH3 is 1. The molecule has 0 aliphatic heterocycles. The number of nitrogens with two attached hydrogens (primary N) is 1. The lowest BCUT2D eigenvalue weighted by Crippen LogP contribution is -2.04. The fraction of sp³-hybridized carbons (Fsp3) is 0.200. The van der Waals surface area contributed by atoms with Crippen molar-refractivity contribution in [2.45, 2.75) is 13.5 Å². The Morgan fingerprint density at radius 1 is 1.29 bits per heavy atom. The van der Waals surface area contributed by atoms with E-state index in [1.165, 1.54) is 0 Å². The van der Waals surface area contributed by atoms with Crippen LogP contribution in [-0.2, 0) is 11.3 Å². The molecular formula is C15H14BrN3O2. The molecule has 0 aliphatic carbocycles. The lowest BCUT2D eigenvalue weighted by atomic mass is 10.1. The number of aryl methyl sites for hydroxylation is 1. The van der Waals surface area contributed by atoms with E-state index >= 15 is 0 Å². The van der Waals surface area contributed by atoms with Crippen molar-refractivity contribution in [3.8, 4) is 11.4 Å². The number of benzene rings is 1. The predicted molar refractivity (Wildman–Crippen MR) is 84.8 cm³/mol. The van der Waals surface area contributed by atoms with Gasteiger partial charge in [0.25, 0.3) is 0 Å². The van der Waals surface area contributed by atoms with Gasteiger partial charge in [0.15, 0.2) is 5.82 Å². The van der Waals surface area contributed by atoms with Crippen molar-refractivity contribution in [1.82, 2.24) is 9.97 Å². The number of hydrogen-bond donors (Lipinski definition) is 1. The summed E-state index contributed by atoms with van der Waals surface area (Å²) in [5.74, 6) is 1.70. The summed E-state index contributed by atoms with van der Waals surface area (Å²) in [6, 6.07) is 7.80. The number of anilines is 1. The molecule has 0 aliphatic rings. The second-order valence-corrected chi connectivity index (χ2v) is 5.45. The minimum atomic E-state index is 0.356. The van der Waals surface area contributed by atoms with Crippen molar-refractivity contribution >= 4 is 32.7 Å². The van der Waals surface area contributed by atoms with Crippen LogP contribution in [0.15, 0.2) is 33.2 Å². The zero-order valence-corrected chi connectivity index (χ0v) is 13.3. The molecule has 0 fully saturated rings. The van der Waals surface area contributed by atoms with Gasteiger partial charge in [-0.05, 0) is 28.9 Å². The average molecular weight is 348 g/mol. The molecule has 0 spiro atoms. The van der Waals surface area contributed by atoms with Crippen LogP contribution in [-0.4, -0.2) is 17.1 Å². The summed E-state index contributed by atoms with van der Waals surface area (Å²) in [6.07, 6.45) is 0. The van der Waals surface area contributed by atoms with E-state index in [1.54, 1.807) is 7.11 Å². The first kappa shape index (κ1) is 14.0. The number of aromatic nitrogens is 2. The Morgan fingerprint density at radius 2 is 2.05 bits per heavy atom. The standard InChI is InChI=1S/C15H14BrN3O2/c1-8-12(9-5-3-4-6-11(9)21-8)15-18-10(7-20-2)13(16)14(17)19-15/h3-6H,7H2,1-2H3,(H2,17,18,19). The van der Waals surface area contributed by atoms with E-state index in [9.17, 15) is 0 Å². The third kappa shape index (κ3) is 2.41. The second-order valence-electron chi connectivity index (χ2n) is 4.66. The number of hydrogen-bond acceptors (Lipinski definition) is 5. The maximum atomic E-state index is 5.97. The van der Waals surface area contributed by atoms with Gasteiger partial charge in [-0.3, -0.25) is 0 Å². The highest BCUT2D eigenvalue weighted by Gasteiger charge is 2.18. The van der Waals surface area contributed by atoms with Crippen molar-refractivity contribution in [2.75, 3.05) is 12.8 Å². The summed E-state index contributed by atoms with van der Waals surface area (Å²) in [5, 5.41) is 0.972. The molecule has 21 heavy (non-hydrogen) atoms. The summed E-state index contributed by atoms with van der Waals surface area (Å²) in [4.78, 5) is 8.93. The van der Waals surface area contributed by atoms with Gasteiger partial charge in [-0.15, -0.1) is 0 Å². The molecule has 5 nitrogen and oxygen atoms in total. The van der Waals surface area contributed by atoms with E-state index in [2.05, 4.69) is 25.9 Å². The van der Waals surface area contributed by atoms with E-state index in [0.29, 0.717) is 28.4 Å². The van der Waals surface area contributed by atoms with E-state index in [1.807, 2.05) is 31.2 Å². The van der Waals surface area contributed by atoms with E-state index < -0.39 is 0 Å². The topological polar surface area (TPSA) is 74.2 Å².